The van der Waals surface area contributed by atoms with Gasteiger partial charge in [0.2, 0.25) is 5.91 Å². The van der Waals surface area contributed by atoms with Crippen LogP contribution in [0.25, 0.3) is 0 Å². The van der Waals surface area contributed by atoms with Crippen LogP contribution in [0.5, 0.6) is 0 Å². The Labute approximate surface area is 163 Å². The number of aliphatic hydroxyl groups excluding tert-OH is 1. The van der Waals surface area contributed by atoms with E-state index in [0.29, 0.717) is 6.04 Å². The molecule has 2 aliphatic heterocycles. The molecule has 2 saturated heterocycles. The number of nitrogens with zero attached hydrogens (tertiary/aromatic N) is 3. The molecular formula is C21H34N4O2. The molecule has 1 atom stereocenters. The van der Waals surface area contributed by atoms with Crippen molar-refractivity contribution >= 4 is 5.91 Å². The van der Waals surface area contributed by atoms with Crippen LogP contribution >= 0.6 is 0 Å². The van der Waals surface area contributed by atoms with Crippen molar-refractivity contribution < 1.29 is 9.90 Å². The zero-order valence-corrected chi connectivity index (χ0v) is 16.7. The molecule has 1 amide bonds. The third-order valence-corrected chi connectivity index (χ3v) is 5.91. The molecule has 0 aliphatic carbocycles. The van der Waals surface area contributed by atoms with Crippen molar-refractivity contribution in [2.45, 2.75) is 57.7 Å². The molecule has 0 aromatic carbocycles. The molecule has 3 rings (SSSR count). The van der Waals surface area contributed by atoms with E-state index in [1.807, 2.05) is 26.2 Å². The second-order valence-electron chi connectivity index (χ2n) is 8.73. The molecule has 27 heavy (non-hydrogen) atoms. The van der Waals surface area contributed by atoms with Gasteiger partial charge in [-0.05, 0) is 76.9 Å². The van der Waals surface area contributed by atoms with Crippen molar-refractivity contribution in [1.29, 1.82) is 0 Å². The lowest BCUT2D eigenvalue weighted by Gasteiger charge is -2.42. The summed E-state index contributed by atoms with van der Waals surface area (Å²) < 4.78 is 0. The maximum absolute atomic E-state index is 12.6. The monoisotopic (exact) mass is 374 g/mol. The lowest BCUT2D eigenvalue weighted by Crippen LogP contribution is -2.54. The number of hydrogen-bond acceptors (Lipinski definition) is 5. The van der Waals surface area contributed by atoms with Crippen LogP contribution < -0.4 is 5.32 Å². The van der Waals surface area contributed by atoms with Crippen molar-refractivity contribution in [3.63, 3.8) is 0 Å². The van der Waals surface area contributed by atoms with E-state index in [2.05, 4.69) is 32.2 Å². The topological polar surface area (TPSA) is 68.7 Å². The van der Waals surface area contributed by atoms with Gasteiger partial charge < -0.3 is 10.4 Å². The molecule has 0 bridgehead atoms. The molecule has 2 aliphatic rings. The summed E-state index contributed by atoms with van der Waals surface area (Å²) in [5.41, 5.74) is 0.780. The molecule has 0 spiro atoms. The highest BCUT2D eigenvalue weighted by Gasteiger charge is 2.33. The SMILES string of the molecule is CC(C)(CO)NC(=O)[C@H]1CCCN(C2CCN(Cc3ccncc3)CC2)C1. The van der Waals surface area contributed by atoms with E-state index in [0.717, 1.165) is 45.6 Å². The summed E-state index contributed by atoms with van der Waals surface area (Å²) in [6.07, 6.45) is 8.08. The van der Waals surface area contributed by atoms with E-state index in [-0.39, 0.29) is 18.4 Å². The molecule has 1 aromatic rings. The highest BCUT2D eigenvalue weighted by Crippen LogP contribution is 2.25. The van der Waals surface area contributed by atoms with Crippen LogP contribution in [-0.2, 0) is 11.3 Å². The molecule has 0 unspecified atom stereocenters. The Balaban J connectivity index is 1.47. The number of piperidine rings is 2. The first-order valence-electron chi connectivity index (χ1n) is 10.2. The lowest BCUT2D eigenvalue weighted by atomic mass is 9.92. The number of pyridine rings is 1. The Hall–Kier alpha value is -1.50. The molecule has 2 N–H and O–H groups in total. The highest BCUT2D eigenvalue weighted by atomic mass is 16.3. The normalized spacial score (nSPS) is 23.3. The van der Waals surface area contributed by atoms with Gasteiger partial charge in [-0.2, -0.15) is 0 Å². The fourth-order valence-corrected chi connectivity index (χ4v) is 4.22. The summed E-state index contributed by atoms with van der Waals surface area (Å²) in [4.78, 5) is 21.7. The molecule has 6 heteroatoms. The molecule has 6 nitrogen and oxygen atoms in total. The van der Waals surface area contributed by atoms with Crippen molar-refractivity contribution in [2.24, 2.45) is 5.92 Å². The van der Waals surface area contributed by atoms with Crippen molar-refractivity contribution in [1.82, 2.24) is 20.1 Å². The van der Waals surface area contributed by atoms with Gasteiger partial charge in [-0.3, -0.25) is 19.6 Å². The fourth-order valence-electron chi connectivity index (χ4n) is 4.22. The summed E-state index contributed by atoms with van der Waals surface area (Å²) in [6, 6.07) is 4.77. The van der Waals surface area contributed by atoms with Gasteiger partial charge in [-0.1, -0.05) is 0 Å². The van der Waals surface area contributed by atoms with E-state index in [1.54, 1.807) is 0 Å². The quantitative estimate of drug-likeness (QED) is 0.792. The maximum Gasteiger partial charge on any atom is 0.224 e. The highest BCUT2D eigenvalue weighted by molar-refractivity contribution is 5.79. The predicted octanol–water partition coefficient (Wildman–Crippen LogP) is 1.65. The van der Waals surface area contributed by atoms with Crippen LogP contribution in [0.2, 0.25) is 0 Å². The van der Waals surface area contributed by atoms with E-state index >= 15 is 0 Å². The molecule has 1 aromatic heterocycles. The standard InChI is InChI=1S/C21H34N4O2/c1-21(2,16-26)23-20(27)18-4-3-11-25(15-18)19-7-12-24(13-8-19)14-17-5-9-22-10-6-17/h5-6,9-10,18-19,26H,3-4,7-8,11-16H2,1-2H3,(H,23,27)/t18-/m0/s1. The van der Waals surface area contributed by atoms with Crippen LogP contribution in [0, 0.1) is 5.92 Å². The maximum atomic E-state index is 12.6. The second kappa shape index (κ2) is 9.13. The fraction of sp³-hybridized carbons (Fsp3) is 0.714. The van der Waals surface area contributed by atoms with Crippen LogP contribution in [0.1, 0.15) is 45.1 Å². The van der Waals surface area contributed by atoms with E-state index in [4.69, 9.17) is 0 Å². The number of aliphatic hydroxyl groups is 1. The van der Waals surface area contributed by atoms with Crippen LogP contribution in [0.3, 0.4) is 0 Å². The molecule has 0 saturated carbocycles. The molecule has 0 radical (unpaired) electrons. The average Bonchev–Trinajstić information content (AvgIpc) is 2.69. The van der Waals surface area contributed by atoms with Gasteiger partial charge in [0.05, 0.1) is 18.1 Å². The summed E-state index contributed by atoms with van der Waals surface area (Å²) in [7, 11) is 0. The first kappa shape index (κ1) is 20.2. The number of nitrogens with one attached hydrogen (secondary N) is 1. The first-order chi connectivity index (χ1) is 13.0. The number of amides is 1. The van der Waals surface area contributed by atoms with Gasteiger partial charge in [-0.15, -0.1) is 0 Å². The van der Waals surface area contributed by atoms with Gasteiger partial charge in [0, 0.05) is 31.5 Å². The Morgan fingerprint density at radius 1 is 1.22 bits per heavy atom. The van der Waals surface area contributed by atoms with Gasteiger partial charge in [-0.25, -0.2) is 0 Å². The van der Waals surface area contributed by atoms with Crippen LogP contribution in [-0.4, -0.2) is 70.2 Å². The van der Waals surface area contributed by atoms with E-state index in [9.17, 15) is 9.90 Å². The number of carbonyl (C=O) groups is 1. The van der Waals surface area contributed by atoms with Crippen molar-refractivity contribution in [2.75, 3.05) is 32.8 Å². The summed E-state index contributed by atoms with van der Waals surface area (Å²) >= 11 is 0. The predicted molar refractivity (Wildman–Crippen MR) is 106 cm³/mol. The number of hydrogen-bond donors (Lipinski definition) is 2. The minimum absolute atomic E-state index is 0.0366. The number of likely N-dealkylation sites (tertiary alicyclic amines) is 2. The lowest BCUT2D eigenvalue weighted by molar-refractivity contribution is -0.129. The minimum atomic E-state index is -0.544. The first-order valence-corrected chi connectivity index (χ1v) is 10.2. The van der Waals surface area contributed by atoms with Gasteiger partial charge in [0.25, 0.3) is 0 Å². The molecular weight excluding hydrogens is 340 g/mol. The average molecular weight is 375 g/mol. The third kappa shape index (κ3) is 5.74. The second-order valence-corrected chi connectivity index (χ2v) is 8.73. The van der Waals surface area contributed by atoms with Gasteiger partial charge >= 0.3 is 0 Å². The molecule has 150 valence electrons. The zero-order valence-electron chi connectivity index (χ0n) is 16.7. The Morgan fingerprint density at radius 2 is 1.93 bits per heavy atom. The zero-order chi connectivity index (χ0) is 19.3. The number of carbonyl (C=O) groups excluding carboxylic acids is 1. The van der Waals surface area contributed by atoms with Gasteiger partial charge in [0.15, 0.2) is 0 Å². The van der Waals surface area contributed by atoms with Gasteiger partial charge in [0.1, 0.15) is 0 Å². The summed E-state index contributed by atoms with van der Waals surface area (Å²) in [6.45, 7) is 8.86. The Bertz CT molecular complexity index is 599. The summed E-state index contributed by atoms with van der Waals surface area (Å²) in [5.74, 6) is 0.133. The van der Waals surface area contributed by atoms with Crippen molar-refractivity contribution in [3.8, 4) is 0 Å². The van der Waals surface area contributed by atoms with Crippen LogP contribution in [0.4, 0.5) is 0 Å². The van der Waals surface area contributed by atoms with Crippen molar-refractivity contribution in [3.05, 3.63) is 30.1 Å². The largest absolute Gasteiger partial charge is 0.394 e. The van der Waals surface area contributed by atoms with Crippen LogP contribution in [0.15, 0.2) is 24.5 Å². The number of aromatic nitrogens is 1. The Kier molecular flexibility index (Phi) is 6.84. The Morgan fingerprint density at radius 3 is 2.59 bits per heavy atom. The van der Waals surface area contributed by atoms with E-state index in [1.165, 1.54) is 18.4 Å². The number of rotatable bonds is 6. The van der Waals surface area contributed by atoms with E-state index < -0.39 is 5.54 Å². The smallest absolute Gasteiger partial charge is 0.224 e. The molecule has 3 heterocycles. The molecule has 2 fully saturated rings. The third-order valence-electron chi connectivity index (χ3n) is 5.91. The minimum Gasteiger partial charge on any atom is -0.394 e. The summed E-state index contributed by atoms with van der Waals surface area (Å²) in [5, 5.41) is 12.4.